The lowest BCUT2D eigenvalue weighted by molar-refractivity contribution is -0.114. The van der Waals surface area contributed by atoms with Gasteiger partial charge < -0.3 is 14.8 Å². The van der Waals surface area contributed by atoms with Gasteiger partial charge in [0, 0.05) is 28.8 Å². The number of hydrogen-bond donors (Lipinski definition) is 2. The summed E-state index contributed by atoms with van der Waals surface area (Å²) in [7, 11) is 1.54. The quantitative estimate of drug-likeness (QED) is 0.301. The van der Waals surface area contributed by atoms with E-state index in [0.717, 1.165) is 5.56 Å². The zero-order valence-electron chi connectivity index (χ0n) is 17.9. The van der Waals surface area contributed by atoms with E-state index in [1.165, 1.54) is 20.2 Å². The van der Waals surface area contributed by atoms with Crippen LogP contribution in [-0.4, -0.2) is 25.1 Å². The topological polar surface area (TPSA) is 89.0 Å². The van der Waals surface area contributed by atoms with E-state index >= 15 is 0 Å². The zero-order chi connectivity index (χ0) is 23.8. The number of carbonyl (C=O) groups is 2. The largest absolute Gasteiger partial charge is 0.493 e. The van der Waals surface area contributed by atoms with E-state index in [-0.39, 0.29) is 12.5 Å². The van der Waals surface area contributed by atoms with Gasteiger partial charge in [0.15, 0.2) is 11.5 Å². The Hall–Kier alpha value is -3.36. The van der Waals surface area contributed by atoms with Crippen molar-refractivity contribution in [2.75, 3.05) is 12.4 Å². The molecule has 0 aliphatic rings. The van der Waals surface area contributed by atoms with Gasteiger partial charge in [0.25, 0.3) is 5.91 Å². The summed E-state index contributed by atoms with van der Waals surface area (Å²) in [5.74, 6) is 0.383. The lowest BCUT2D eigenvalue weighted by Gasteiger charge is -2.14. The molecule has 0 spiro atoms. The van der Waals surface area contributed by atoms with Crippen LogP contribution in [0.25, 0.3) is 0 Å². The van der Waals surface area contributed by atoms with Crippen LogP contribution in [0.5, 0.6) is 11.5 Å². The molecule has 0 fully saturated rings. The Morgan fingerprint density at radius 1 is 1.12 bits per heavy atom. The Kier molecular flexibility index (Phi) is 8.46. The number of halogens is 2. The van der Waals surface area contributed by atoms with Gasteiger partial charge in [-0.25, -0.2) is 5.43 Å². The predicted molar refractivity (Wildman–Crippen MR) is 132 cm³/mol. The number of nitrogens with one attached hydrogen (secondary N) is 2. The van der Waals surface area contributed by atoms with E-state index in [9.17, 15) is 9.59 Å². The first-order valence-electron chi connectivity index (χ1n) is 9.82. The summed E-state index contributed by atoms with van der Waals surface area (Å²) in [6, 6.07) is 17.5. The zero-order valence-corrected chi connectivity index (χ0v) is 20.2. The normalized spacial score (nSPS) is 10.7. The van der Waals surface area contributed by atoms with E-state index in [4.69, 9.17) is 21.1 Å². The molecule has 0 atom stereocenters. The van der Waals surface area contributed by atoms with Crippen molar-refractivity contribution >= 4 is 51.2 Å². The van der Waals surface area contributed by atoms with Gasteiger partial charge in [-0.1, -0.05) is 35.9 Å². The van der Waals surface area contributed by atoms with Crippen LogP contribution in [0.3, 0.4) is 0 Å². The van der Waals surface area contributed by atoms with Crippen molar-refractivity contribution in [3.05, 3.63) is 86.8 Å². The van der Waals surface area contributed by atoms with Crippen LogP contribution in [0.2, 0.25) is 5.02 Å². The predicted octanol–water partition coefficient (Wildman–Crippen LogP) is 5.41. The van der Waals surface area contributed by atoms with Gasteiger partial charge in [-0.05, 0) is 57.9 Å². The minimum Gasteiger partial charge on any atom is -0.493 e. The lowest BCUT2D eigenvalue weighted by atomic mass is 10.2. The van der Waals surface area contributed by atoms with Gasteiger partial charge in [-0.3, -0.25) is 9.59 Å². The van der Waals surface area contributed by atoms with Crippen LogP contribution in [0, 0.1) is 0 Å². The van der Waals surface area contributed by atoms with Crippen LogP contribution in [-0.2, 0) is 11.4 Å². The van der Waals surface area contributed by atoms with Gasteiger partial charge in [-0.15, -0.1) is 0 Å². The summed E-state index contributed by atoms with van der Waals surface area (Å²) in [5, 5.41) is 7.27. The molecule has 170 valence electrons. The molecule has 0 aliphatic carbocycles. The highest BCUT2D eigenvalue weighted by atomic mass is 79.9. The maximum absolute atomic E-state index is 12.4. The Balaban J connectivity index is 1.68. The molecule has 0 aliphatic heterocycles. The fraction of sp³-hybridized carbons (Fsp3) is 0.125. The fourth-order valence-corrected chi connectivity index (χ4v) is 3.66. The molecule has 0 saturated carbocycles. The number of benzene rings is 3. The summed E-state index contributed by atoms with van der Waals surface area (Å²) >= 11 is 9.69. The molecule has 2 amide bonds. The number of nitrogens with zero attached hydrogens (tertiary/aromatic N) is 1. The summed E-state index contributed by atoms with van der Waals surface area (Å²) in [6.07, 6.45) is 1.49. The summed E-state index contributed by atoms with van der Waals surface area (Å²) in [6.45, 7) is 1.67. The number of rotatable bonds is 8. The Bertz CT molecular complexity index is 1200. The van der Waals surface area contributed by atoms with E-state index in [1.54, 1.807) is 42.5 Å². The molecule has 3 aromatic carbocycles. The lowest BCUT2D eigenvalue weighted by Crippen LogP contribution is -2.18. The van der Waals surface area contributed by atoms with E-state index in [0.29, 0.717) is 37.8 Å². The Morgan fingerprint density at radius 3 is 2.64 bits per heavy atom. The maximum Gasteiger partial charge on any atom is 0.271 e. The molecule has 3 rings (SSSR count). The van der Waals surface area contributed by atoms with Crippen molar-refractivity contribution in [2.24, 2.45) is 5.10 Å². The van der Waals surface area contributed by atoms with Crippen LogP contribution in [0.15, 0.2) is 70.2 Å². The van der Waals surface area contributed by atoms with Gasteiger partial charge in [-0.2, -0.15) is 5.10 Å². The standard InChI is InChI=1S/C24H21BrClN3O4/c1-15(30)28-19-8-5-7-17(12-19)24(31)29-27-13-16-10-20(25)23(22(11-16)32-2)33-14-18-6-3-4-9-21(18)26/h3-13H,14H2,1-2H3,(H,28,30)(H,29,31)/b27-13-. The molecule has 0 saturated heterocycles. The monoisotopic (exact) mass is 529 g/mol. The smallest absolute Gasteiger partial charge is 0.271 e. The molecular weight excluding hydrogens is 510 g/mol. The van der Waals surface area contributed by atoms with Crippen LogP contribution in [0.1, 0.15) is 28.4 Å². The van der Waals surface area contributed by atoms with Crippen molar-refractivity contribution in [3.8, 4) is 11.5 Å². The molecule has 0 heterocycles. The Labute approximate surface area is 204 Å². The van der Waals surface area contributed by atoms with Crippen LogP contribution >= 0.6 is 27.5 Å². The first-order valence-corrected chi connectivity index (χ1v) is 11.0. The van der Waals surface area contributed by atoms with E-state index < -0.39 is 5.91 Å². The van der Waals surface area contributed by atoms with Crippen molar-refractivity contribution in [1.82, 2.24) is 5.43 Å². The third kappa shape index (κ3) is 6.81. The minimum absolute atomic E-state index is 0.218. The van der Waals surface area contributed by atoms with Gasteiger partial charge in [0.2, 0.25) is 5.91 Å². The SMILES string of the molecule is COc1cc(/C=N\NC(=O)c2cccc(NC(C)=O)c2)cc(Br)c1OCc1ccccc1Cl. The first-order chi connectivity index (χ1) is 15.9. The molecule has 0 aromatic heterocycles. The molecule has 7 nitrogen and oxygen atoms in total. The summed E-state index contributed by atoms with van der Waals surface area (Å²) < 4.78 is 12.0. The second-order valence-electron chi connectivity index (χ2n) is 6.88. The minimum atomic E-state index is -0.413. The average molecular weight is 531 g/mol. The number of amides is 2. The third-order valence-corrected chi connectivity index (χ3v) is 5.36. The van der Waals surface area contributed by atoms with Gasteiger partial charge in [0.1, 0.15) is 6.61 Å². The number of hydrazone groups is 1. The van der Waals surface area contributed by atoms with Crippen molar-refractivity contribution in [3.63, 3.8) is 0 Å². The van der Waals surface area contributed by atoms with Crippen molar-refractivity contribution in [2.45, 2.75) is 13.5 Å². The number of anilines is 1. The van der Waals surface area contributed by atoms with Crippen molar-refractivity contribution < 1.29 is 19.1 Å². The number of hydrogen-bond acceptors (Lipinski definition) is 5. The number of carbonyl (C=O) groups excluding carboxylic acids is 2. The molecule has 3 aromatic rings. The highest BCUT2D eigenvalue weighted by Crippen LogP contribution is 2.37. The molecule has 9 heteroatoms. The van der Waals surface area contributed by atoms with Gasteiger partial charge in [0.05, 0.1) is 17.8 Å². The number of ether oxygens (including phenoxy) is 2. The van der Waals surface area contributed by atoms with Crippen LogP contribution in [0.4, 0.5) is 5.69 Å². The second kappa shape index (κ2) is 11.5. The van der Waals surface area contributed by atoms with E-state index in [2.05, 4.69) is 31.8 Å². The summed E-state index contributed by atoms with van der Waals surface area (Å²) in [4.78, 5) is 23.6. The molecule has 2 N–H and O–H groups in total. The van der Waals surface area contributed by atoms with E-state index in [1.807, 2.05) is 18.2 Å². The Morgan fingerprint density at radius 2 is 1.91 bits per heavy atom. The average Bonchev–Trinajstić information content (AvgIpc) is 2.78. The third-order valence-electron chi connectivity index (χ3n) is 4.41. The molecule has 0 unspecified atom stereocenters. The second-order valence-corrected chi connectivity index (χ2v) is 8.14. The molecule has 33 heavy (non-hydrogen) atoms. The molecule has 0 radical (unpaired) electrons. The molecule has 0 bridgehead atoms. The maximum atomic E-state index is 12.4. The van der Waals surface area contributed by atoms with Crippen molar-refractivity contribution in [1.29, 1.82) is 0 Å². The van der Waals surface area contributed by atoms with Crippen LogP contribution < -0.4 is 20.2 Å². The fourth-order valence-electron chi connectivity index (χ4n) is 2.89. The van der Waals surface area contributed by atoms with Gasteiger partial charge >= 0.3 is 0 Å². The highest BCUT2D eigenvalue weighted by Gasteiger charge is 2.13. The highest BCUT2D eigenvalue weighted by molar-refractivity contribution is 9.10. The first kappa shape index (κ1) is 24.3. The summed E-state index contributed by atoms with van der Waals surface area (Å²) in [5.41, 5.74) is 4.89. The number of methoxy groups -OCH3 is 1. The molecular formula is C24H21BrClN3O4.